The summed E-state index contributed by atoms with van der Waals surface area (Å²) >= 11 is 1.42. The van der Waals surface area contributed by atoms with Gasteiger partial charge in [-0.2, -0.15) is 10.2 Å². The normalized spacial score (nSPS) is 14.9. The second-order valence-electron chi connectivity index (χ2n) is 8.11. The smallest absolute Gasteiger partial charge is 0.266 e. The van der Waals surface area contributed by atoms with E-state index < -0.39 is 0 Å². The fourth-order valence-electron chi connectivity index (χ4n) is 4.30. The van der Waals surface area contributed by atoms with Crippen LogP contribution in [0.3, 0.4) is 0 Å². The summed E-state index contributed by atoms with van der Waals surface area (Å²) < 4.78 is 17.1. The second-order valence-corrected chi connectivity index (χ2v) is 9.14. The zero-order valence-electron chi connectivity index (χ0n) is 17.3. The molecular weight excluding hydrogens is 413 g/mol. The van der Waals surface area contributed by atoms with E-state index in [1.54, 1.807) is 18.3 Å². The number of nitrogens with zero attached hydrogens (tertiary/aromatic N) is 4. The third kappa shape index (κ3) is 3.99. The van der Waals surface area contributed by atoms with Gasteiger partial charge in [0.2, 0.25) is 0 Å². The maximum atomic E-state index is 13.2. The van der Waals surface area contributed by atoms with Crippen molar-refractivity contribution in [3.8, 4) is 0 Å². The van der Waals surface area contributed by atoms with Gasteiger partial charge in [0, 0.05) is 11.5 Å². The minimum absolute atomic E-state index is 0.133. The molecule has 1 fully saturated rings. The Balaban J connectivity index is 1.38. The average molecular weight is 438 g/mol. The van der Waals surface area contributed by atoms with Crippen LogP contribution in [-0.4, -0.2) is 25.5 Å². The molecule has 31 heavy (non-hydrogen) atoms. The first kappa shape index (κ1) is 19.9. The first-order chi connectivity index (χ1) is 15.1. The van der Waals surface area contributed by atoms with Gasteiger partial charge in [-0.05, 0) is 43.5 Å². The standard InChI is InChI=1S/C23H24FN5OS/c1-15-19-13-20(31-23(19)28(27-15)14-16-7-9-17(24)10-8-16)22(30)26-21-11-12-25-29(21)18-5-3-2-4-6-18/h7-13,18H,2-6,14H2,1H3,(H,26,30). The molecule has 4 aromatic rings. The van der Waals surface area contributed by atoms with Gasteiger partial charge in [-0.15, -0.1) is 11.3 Å². The van der Waals surface area contributed by atoms with Crippen LogP contribution in [0.25, 0.3) is 10.2 Å². The van der Waals surface area contributed by atoms with Crippen LogP contribution in [0.1, 0.15) is 59.1 Å². The summed E-state index contributed by atoms with van der Waals surface area (Å²) in [5, 5.41) is 13.1. The Hall–Kier alpha value is -3.00. The van der Waals surface area contributed by atoms with Crippen molar-refractivity contribution in [2.24, 2.45) is 0 Å². The van der Waals surface area contributed by atoms with E-state index in [2.05, 4.69) is 15.5 Å². The summed E-state index contributed by atoms with van der Waals surface area (Å²) in [7, 11) is 0. The summed E-state index contributed by atoms with van der Waals surface area (Å²) in [6.07, 6.45) is 7.64. The molecular formula is C23H24FN5OS. The highest BCUT2D eigenvalue weighted by Gasteiger charge is 2.21. The fraction of sp³-hybridized carbons (Fsp3) is 0.348. The lowest BCUT2D eigenvalue weighted by atomic mass is 9.96. The van der Waals surface area contributed by atoms with Crippen molar-refractivity contribution in [3.05, 3.63) is 64.5 Å². The monoisotopic (exact) mass is 437 g/mol. The predicted molar refractivity (Wildman–Crippen MR) is 120 cm³/mol. The molecule has 0 radical (unpaired) electrons. The molecule has 3 heterocycles. The van der Waals surface area contributed by atoms with Crippen molar-refractivity contribution < 1.29 is 9.18 Å². The minimum atomic E-state index is -0.256. The Morgan fingerprint density at radius 2 is 1.97 bits per heavy atom. The molecule has 0 atom stereocenters. The van der Waals surface area contributed by atoms with Gasteiger partial charge in [-0.3, -0.25) is 9.48 Å². The molecule has 3 aromatic heterocycles. The van der Waals surface area contributed by atoms with Gasteiger partial charge in [-0.1, -0.05) is 31.4 Å². The Bertz CT molecular complexity index is 1220. The number of aromatic nitrogens is 4. The van der Waals surface area contributed by atoms with Crippen molar-refractivity contribution in [3.63, 3.8) is 0 Å². The van der Waals surface area contributed by atoms with E-state index in [-0.39, 0.29) is 11.7 Å². The lowest BCUT2D eigenvalue weighted by Crippen LogP contribution is -2.19. The Morgan fingerprint density at radius 3 is 2.74 bits per heavy atom. The van der Waals surface area contributed by atoms with Crippen LogP contribution in [0.4, 0.5) is 10.2 Å². The van der Waals surface area contributed by atoms with Gasteiger partial charge in [0.05, 0.1) is 29.4 Å². The maximum Gasteiger partial charge on any atom is 0.266 e. The van der Waals surface area contributed by atoms with Gasteiger partial charge < -0.3 is 5.32 Å². The molecule has 5 rings (SSSR count). The van der Waals surface area contributed by atoms with Gasteiger partial charge >= 0.3 is 0 Å². The van der Waals surface area contributed by atoms with E-state index in [1.165, 1.54) is 42.7 Å². The molecule has 1 saturated carbocycles. The lowest BCUT2D eigenvalue weighted by Gasteiger charge is -2.23. The average Bonchev–Trinajstić information content (AvgIpc) is 3.48. The number of amides is 1. The molecule has 0 spiro atoms. The van der Waals surface area contributed by atoms with Gasteiger partial charge in [0.1, 0.15) is 16.5 Å². The number of carbonyl (C=O) groups excluding carboxylic acids is 1. The molecule has 0 unspecified atom stereocenters. The van der Waals surface area contributed by atoms with Crippen LogP contribution in [0.2, 0.25) is 0 Å². The molecule has 6 nitrogen and oxygen atoms in total. The first-order valence-corrected chi connectivity index (χ1v) is 11.5. The number of nitrogens with one attached hydrogen (secondary N) is 1. The Morgan fingerprint density at radius 1 is 1.19 bits per heavy atom. The van der Waals surface area contributed by atoms with Crippen molar-refractivity contribution in [2.75, 3.05) is 5.32 Å². The van der Waals surface area contributed by atoms with Crippen LogP contribution in [0.5, 0.6) is 0 Å². The van der Waals surface area contributed by atoms with Gasteiger partial charge in [0.25, 0.3) is 5.91 Å². The summed E-state index contributed by atoms with van der Waals surface area (Å²) in [6.45, 7) is 2.47. The van der Waals surface area contributed by atoms with E-state index >= 15 is 0 Å². The molecule has 0 aliphatic heterocycles. The summed E-state index contributed by atoms with van der Waals surface area (Å²) in [4.78, 5) is 14.6. The van der Waals surface area contributed by atoms with E-state index in [0.717, 1.165) is 40.1 Å². The number of thiophene rings is 1. The number of aryl methyl sites for hydroxylation is 1. The molecule has 0 saturated heterocycles. The Labute approximate surface area is 183 Å². The highest BCUT2D eigenvalue weighted by molar-refractivity contribution is 7.20. The number of halogens is 1. The summed E-state index contributed by atoms with van der Waals surface area (Å²) in [5.74, 6) is 0.360. The topological polar surface area (TPSA) is 64.7 Å². The van der Waals surface area contributed by atoms with E-state index in [0.29, 0.717) is 17.5 Å². The van der Waals surface area contributed by atoms with Crippen molar-refractivity contribution in [2.45, 2.75) is 51.6 Å². The van der Waals surface area contributed by atoms with Crippen LogP contribution in [0.15, 0.2) is 42.6 Å². The number of fused-ring (bicyclic) bond motifs is 1. The predicted octanol–water partition coefficient (Wildman–Crippen LogP) is 5.55. The summed E-state index contributed by atoms with van der Waals surface area (Å²) in [5.41, 5.74) is 1.83. The van der Waals surface area contributed by atoms with Crippen LogP contribution < -0.4 is 5.32 Å². The Kier molecular flexibility index (Phi) is 5.31. The third-order valence-electron chi connectivity index (χ3n) is 5.91. The third-order valence-corrected chi connectivity index (χ3v) is 7.06. The van der Waals surface area contributed by atoms with E-state index in [1.807, 2.05) is 28.4 Å². The zero-order chi connectivity index (χ0) is 21.4. The molecule has 1 aromatic carbocycles. The SMILES string of the molecule is Cc1nn(Cc2ccc(F)cc2)c2sc(C(=O)Nc3ccnn3C3CCCCC3)cc12. The number of carbonyl (C=O) groups is 1. The van der Waals surface area contributed by atoms with Crippen molar-refractivity contribution in [1.82, 2.24) is 19.6 Å². The fourth-order valence-corrected chi connectivity index (χ4v) is 5.36. The summed E-state index contributed by atoms with van der Waals surface area (Å²) in [6, 6.07) is 10.5. The van der Waals surface area contributed by atoms with Crippen molar-refractivity contribution >= 4 is 33.3 Å². The quantitative estimate of drug-likeness (QED) is 0.445. The van der Waals surface area contributed by atoms with E-state index in [9.17, 15) is 9.18 Å². The highest BCUT2D eigenvalue weighted by atomic mass is 32.1. The maximum absolute atomic E-state index is 13.2. The highest BCUT2D eigenvalue weighted by Crippen LogP contribution is 2.32. The van der Waals surface area contributed by atoms with Crippen LogP contribution >= 0.6 is 11.3 Å². The molecule has 1 N–H and O–H groups in total. The molecule has 1 aliphatic carbocycles. The molecule has 1 aliphatic rings. The number of anilines is 1. The molecule has 8 heteroatoms. The van der Waals surface area contributed by atoms with Gasteiger partial charge in [-0.25, -0.2) is 9.07 Å². The molecule has 0 bridgehead atoms. The first-order valence-electron chi connectivity index (χ1n) is 10.6. The molecule has 1 amide bonds. The number of hydrogen-bond donors (Lipinski definition) is 1. The molecule has 160 valence electrons. The number of benzene rings is 1. The van der Waals surface area contributed by atoms with Crippen LogP contribution in [-0.2, 0) is 6.54 Å². The minimum Gasteiger partial charge on any atom is -0.306 e. The zero-order valence-corrected chi connectivity index (χ0v) is 18.2. The number of rotatable bonds is 5. The van der Waals surface area contributed by atoms with E-state index in [4.69, 9.17) is 0 Å². The lowest BCUT2D eigenvalue weighted by molar-refractivity contribution is 0.102. The van der Waals surface area contributed by atoms with Gasteiger partial charge in [0.15, 0.2) is 0 Å². The largest absolute Gasteiger partial charge is 0.306 e. The number of hydrogen-bond acceptors (Lipinski definition) is 4. The van der Waals surface area contributed by atoms with Crippen LogP contribution in [0, 0.1) is 12.7 Å². The van der Waals surface area contributed by atoms with Crippen molar-refractivity contribution in [1.29, 1.82) is 0 Å². The second kappa shape index (κ2) is 8.26.